The number of aliphatic hydroxyl groups is 1. The first-order valence-electron chi connectivity index (χ1n) is 14.2. The standard InChI is InChI=1S/C31H42N2O4/c1-18-20-6-8-29(4)21-7-9-31(27(37)33-12-13-34)11-10-28(2,3)16-22(31)25(21)23(35)14-24(29)30(20,5)15-19(17-32)26(18)36/h14-15,18,20-22,25,34H,6-13,16H2,1-5H3,(H,33,37). The highest BCUT2D eigenvalue weighted by atomic mass is 16.3. The summed E-state index contributed by atoms with van der Waals surface area (Å²) in [6.45, 7) is 11.0. The largest absolute Gasteiger partial charge is 0.395 e. The van der Waals surface area contributed by atoms with Crippen LogP contribution in [0.3, 0.4) is 0 Å². The molecule has 0 radical (unpaired) electrons. The number of hydrogen-bond acceptors (Lipinski definition) is 5. The number of carbonyl (C=O) groups is 3. The first-order valence-corrected chi connectivity index (χ1v) is 14.2. The number of rotatable bonds is 3. The number of ketones is 2. The lowest BCUT2D eigenvalue weighted by molar-refractivity contribution is -0.161. The second-order valence-electron chi connectivity index (χ2n) is 13.9. The summed E-state index contributed by atoms with van der Waals surface area (Å²) in [5, 5.41) is 22.0. The van der Waals surface area contributed by atoms with Gasteiger partial charge in [-0.3, -0.25) is 14.4 Å². The molecule has 3 fully saturated rings. The number of fused-ring (bicyclic) bond motifs is 7. The van der Waals surface area contributed by atoms with Crippen LogP contribution >= 0.6 is 0 Å². The minimum absolute atomic E-state index is 0.00473. The molecule has 3 saturated carbocycles. The second kappa shape index (κ2) is 8.63. The summed E-state index contributed by atoms with van der Waals surface area (Å²) >= 11 is 0. The molecule has 0 bridgehead atoms. The van der Waals surface area contributed by atoms with Gasteiger partial charge >= 0.3 is 0 Å². The fourth-order valence-electron chi connectivity index (χ4n) is 9.64. The van der Waals surface area contributed by atoms with Gasteiger partial charge in [0.05, 0.1) is 17.6 Å². The molecular formula is C31H42N2O4. The zero-order chi connectivity index (χ0) is 27.0. The second-order valence-corrected chi connectivity index (χ2v) is 13.9. The van der Waals surface area contributed by atoms with E-state index >= 15 is 0 Å². The van der Waals surface area contributed by atoms with Crippen LogP contribution in [0.15, 0.2) is 23.3 Å². The lowest BCUT2D eigenvalue weighted by Crippen LogP contribution is -2.62. The molecule has 0 saturated heterocycles. The summed E-state index contributed by atoms with van der Waals surface area (Å²) in [4.78, 5) is 40.7. The van der Waals surface area contributed by atoms with Crippen molar-refractivity contribution >= 4 is 17.5 Å². The zero-order valence-corrected chi connectivity index (χ0v) is 23.0. The van der Waals surface area contributed by atoms with Crippen molar-refractivity contribution in [2.45, 2.75) is 79.6 Å². The molecule has 5 rings (SSSR count). The van der Waals surface area contributed by atoms with E-state index in [-0.39, 0.29) is 76.6 Å². The average Bonchev–Trinajstić information content (AvgIpc) is 2.85. The van der Waals surface area contributed by atoms with Gasteiger partial charge < -0.3 is 10.4 Å². The molecule has 5 aliphatic rings. The van der Waals surface area contributed by atoms with Crippen molar-refractivity contribution in [2.75, 3.05) is 13.2 Å². The Hall–Kier alpha value is -2.26. The molecule has 6 heteroatoms. The lowest BCUT2D eigenvalue weighted by atomic mass is 9.39. The summed E-state index contributed by atoms with van der Waals surface area (Å²) < 4.78 is 0. The number of carbonyl (C=O) groups excluding carboxylic acids is 3. The molecule has 0 heterocycles. The van der Waals surface area contributed by atoms with E-state index in [0.717, 1.165) is 50.5 Å². The topological polar surface area (TPSA) is 107 Å². The minimum Gasteiger partial charge on any atom is -0.395 e. The number of hydrogen-bond donors (Lipinski definition) is 2. The number of allylic oxidation sites excluding steroid dienone is 4. The molecule has 0 aromatic carbocycles. The third-order valence-electron chi connectivity index (χ3n) is 11.6. The Balaban J connectivity index is 1.61. The molecular weight excluding hydrogens is 464 g/mol. The van der Waals surface area contributed by atoms with Gasteiger partial charge in [0.1, 0.15) is 6.07 Å². The van der Waals surface area contributed by atoms with Crippen LogP contribution < -0.4 is 5.32 Å². The van der Waals surface area contributed by atoms with Gasteiger partial charge in [-0.2, -0.15) is 5.26 Å². The van der Waals surface area contributed by atoms with Crippen molar-refractivity contribution in [3.8, 4) is 6.07 Å². The Morgan fingerprint density at radius 3 is 2.46 bits per heavy atom. The van der Waals surface area contributed by atoms with Gasteiger partial charge in [0, 0.05) is 23.8 Å². The summed E-state index contributed by atoms with van der Waals surface area (Å²) in [6, 6.07) is 2.14. The minimum atomic E-state index is -0.565. The monoisotopic (exact) mass is 506 g/mol. The third-order valence-corrected chi connectivity index (χ3v) is 11.6. The highest BCUT2D eigenvalue weighted by Crippen LogP contribution is 2.69. The van der Waals surface area contributed by atoms with Crippen LogP contribution in [0.1, 0.15) is 79.6 Å². The van der Waals surface area contributed by atoms with E-state index in [1.165, 1.54) is 0 Å². The highest BCUT2D eigenvalue weighted by molar-refractivity contribution is 6.02. The molecule has 200 valence electrons. The molecule has 6 nitrogen and oxygen atoms in total. The van der Waals surface area contributed by atoms with Crippen LogP contribution in [0, 0.1) is 62.6 Å². The highest BCUT2D eigenvalue weighted by Gasteiger charge is 2.65. The molecule has 5 aliphatic carbocycles. The van der Waals surface area contributed by atoms with E-state index in [1.54, 1.807) is 0 Å². The average molecular weight is 507 g/mol. The molecule has 0 aromatic rings. The van der Waals surface area contributed by atoms with E-state index < -0.39 is 10.8 Å². The van der Waals surface area contributed by atoms with E-state index in [4.69, 9.17) is 0 Å². The van der Waals surface area contributed by atoms with Crippen LogP contribution in [0.2, 0.25) is 0 Å². The van der Waals surface area contributed by atoms with Gasteiger partial charge in [-0.25, -0.2) is 0 Å². The predicted octanol–water partition coefficient (Wildman–Crippen LogP) is 4.53. The lowest BCUT2D eigenvalue weighted by Gasteiger charge is -2.64. The Labute approximate surface area is 221 Å². The van der Waals surface area contributed by atoms with Gasteiger partial charge in [0.25, 0.3) is 0 Å². The van der Waals surface area contributed by atoms with E-state index in [9.17, 15) is 24.8 Å². The number of nitriles is 1. The van der Waals surface area contributed by atoms with Crippen LogP contribution in [-0.2, 0) is 14.4 Å². The summed E-state index contributed by atoms with van der Waals surface area (Å²) in [5.41, 5.74) is 0.113. The normalized spacial score (nSPS) is 44.2. The Morgan fingerprint density at radius 1 is 1.08 bits per heavy atom. The molecule has 2 N–H and O–H groups in total. The van der Waals surface area contributed by atoms with Gasteiger partial charge in [0.2, 0.25) is 5.91 Å². The molecule has 0 aromatic heterocycles. The third kappa shape index (κ3) is 3.63. The number of nitrogens with one attached hydrogen (secondary N) is 1. The number of aliphatic hydroxyl groups excluding tert-OH is 1. The SMILES string of the molecule is CC1C(=O)C(C#N)=CC2(C)C3=CC(=O)C4C(CCC5(C(=O)NCCO)CCC(C)(C)CC45)C3(C)CCC12. The van der Waals surface area contributed by atoms with Crippen molar-refractivity contribution in [2.24, 2.45) is 51.2 Å². The summed E-state index contributed by atoms with van der Waals surface area (Å²) in [5.74, 6) is -0.194. The zero-order valence-electron chi connectivity index (χ0n) is 23.0. The molecule has 1 amide bonds. The van der Waals surface area contributed by atoms with E-state index in [1.807, 2.05) is 19.1 Å². The fraction of sp³-hybridized carbons (Fsp3) is 0.742. The van der Waals surface area contributed by atoms with Gasteiger partial charge in [0.15, 0.2) is 11.6 Å². The molecule has 8 atom stereocenters. The van der Waals surface area contributed by atoms with Crippen LogP contribution in [0.4, 0.5) is 0 Å². The predicted molar refractivity (Wildman–Crippen MR) is 140 cm³/mol. The van der Waals surface area contributed by atoms with Gasteiger partial charge in [-0.1, -0.05) is 46.3 Å². The molecule has 37 heavy (non-hydrogen) atoms. The van der Waals surface area contributed by atoms with Gasteiger partial charge in [-0.05, 0) is 79.6 Å². The van der Waals surface area contributed by atoms with Crippen molar-refractivity contribution in [1.82, 2.24) is 5.32 Å². The number of amides is 1. The first kappa shape index (κ1) is 26.4. The maximum Gasteiger partial charge on any atom is 0.226 e. The van der Waals surface area contributed by atoms with Crippen molar-refractivity contribution in [3.63, 3.8) is 0 Å². The summed E-state index contributed by atoms with van der Waals surface area (Å²) in [6.07, 6.45) is 9.71. The Bertz CT molecular complexity index is 1140. The van der Waals surface area contributed by atoms with E-state index in [0.29, 0.717) is 0 Å². The van der Waals surface area contributed by atoms with Crippen LogP contribution in [0.5, 0.6) is 0 Å². The van der Waals surface area contributed by atoms with Crippen LogP contribution in [0.25, 0.3) is 0 Å². The first-order chi connectivity index (χ1) is 17.3. The fourth-order valence-corrected chi connectivity index (χ4v) is 9.64. The maximum atomic E-state index is 14.2. The van der Waals surface area contributed by atoms with Crippen molar-refractivity contribution in [1.29, 1.82) is 5.26 Å². The van der Waals surface area contributed by atoms with E-state index in [2.05, 4.69) is 39.1 Å². The van der Waals surface area contributed by atoms with Crippen molar-refractivity contribution < 1.29 is 19.5 Å². The number of Topliss-reactive ketones (excluding diaryl/α,β-unsaturated/α-hetero) is 1. The molecule has 0 spiro atoms. The molecule has 8 unspecified atom stereocenters. The van der Waals surface area contributed by atoms with Crippen LogP contribution in [-0.4, -0.2) is 35.7 Å². The quantitative estimate of drug-likeness (QED) is 0.585. The van der Waals surface area contributed by atoms with Crippen molar-refractivity contribution in [3.05, 3.63) is 23.3 Å². The molecule has 0 aliphatic heterocycles. The smallest absolute Gasteiger partial charge is 0.226 e. The summed E-state index contributed by atoms with van der Waals surface area (Å²) in [7, 11) is 0. The Morgan fingerprint density at radius 2 is 1.78 bits per heavy atom. The number of nitrogens with zero attached hydrogens (tertiary/aromatic N) is 1. The maximum absolute atomic E-state index is 14.2. The van der Waals surface area contributed by atoms with Gasteiger partial charge in [-0.15, -0.1) is 0 Å². The Kier molecular flexibility index (Phi) is 6.15.